The fourth-order valence-electron chi connectivity index (χ4n) is 3.16. The van der Waals surface area contributed by atoms with Crippen molar-refractivity contribution in [3.8, 4) is 17.6 Å². The van der Waals surface area contributed by atoms with Crippen LogP contribution in [0.1, 0.15) is 36.3 Å². The van der Waals surface area contributed by atoms with Crippen molar-refractivity contribution < 1.29 is 22.7 Å². The van der Waals surface area contributed by atoms with Crippen molar-refractivity contribution in [2.24, 2.45) is 0 Å². The number of hydrogen-bond donors (Lipinski definition) is 3. The summed E-state index contributed by atoms with van der Waals surface area (Å²) in [6.45, 7) is 3.31. The number of anilines is 2. The van der Waals surface area contributed by atoms with Crippen molar-refractivity contribution >= 4 is 28.6 Å². The maximum Gasteiger partial charge on any atom is 0.406 e. The molecule has 0 spiro atoms. The van der Waals surface area contributed by atoms with E-state index < -0.39 is 12.7 Å². The number of ether oxygens (including phenoxy) is 1. The minimum absolute atomic E-state index is 0.184. The zero-order valence-corrected chi connectivity index (χ0v) is 21.6. The Morgan fingerprint density at radius 2 is 1.72 bits per heavy atom. The average molecular weight is 505 g/mol. The van der Waals surface area contributed by atoms with Crippen LogP contribution >= 0.6 is 0 Å². The van der Waals surface area contributed by atoms with Gasteiger partial charge < -0.3 is 25.3 Å². The van der Waals surface area contributed by atoms with Gasteiger partial charge in [-0.15, -0.1) is 0 Å². The highest BCUT2D eigenvalue weighted by molar-refractivity contribution is 5.94. The summed E-state index contributed by atoms with van der Waals surface area (Å²) in [6.07, 6.45) is -2.41. The summed E-state index contributed by atoms with van der Waals surface area (Å²) in [5.74, 6) is 6.17. The Bertz CT molecular complexity index is 1160. The van der Waals surface area contributed by atoms with Crippen LogP contribution in [0.15, 0.2) is 42.5 Å². The monoisotopic (exact) mass is 504 g/mol. The first kappa shape index (κ1) is 30.4. The van der Waals surface area contributed by atoms with Crippen molar-refractivity contribution in [3.63, 3.8) is 0 Å². The smallest absolute Gasteiger partial charge is 0.406 e. The van der Waals surface area contributed by atoms with E-state index in [0.717, 1.165) is 5.69 Å². The molecule has 0 aliphatic rings. The second-order valence-corrected chi connectivity index (χ2v) is 7.66. The van der Waals surface area contributed by atoms with Crippen LogP contribution in [0.4, 0.5) is 24.5 Å². The normalized spacial score (nSPS) is 10.1. The number of alkyl halides is 3. The van der Waals surface area contributed by atoms with E-state index in [9.17, 15) is 18.0 Å². The number of benzene rings is 2. The maximum atomic E-state index is 13.1. The molecule has 0 bridgehead atoms. The molecule has 0 aliphatic carbocycles. The molecule has 0 atom stereocenters. The number of nitrogens with zero attached hydrogens (tertiary/aromatic N) is 1. The van der Waals surface area contributed by atoms with E-state index in [4.69, 9.17) is 4.74 Å². The van der Waals surface area contributed by atoms with Crippen molar-refractivity contribution in [2.75, 3.05) is 45.4 Å². The van der Waals surface area contributed by atoms with Crippen molar-refractivity contribution in [1.82, 2.24) is 9.88 Å². The number of methoxy groups -OCH3 is 1. The number of aromatic nitrogens is 1. The van der Waals surface area contributed by atoms with Gasteiger partial charge in [0.25, 0.3) is 0 Å². The lowest BCUT2D eigenvalue weighted by atomic mass is 10.2. The standard InChI is InChI=1S/C22H20F3N3O2.C3H8.C2H7N/c1-26-18-6-3-7-20-17(18)12-16(28(20)14-22(23,24)25)5-4-10-27-19-9-8-15(13-29)11-21(19)30-2;2*1-3-2/h3,6-9,11-13,26-27H,10,14H2,1-2H3;3H2,1-2H3;3H,1-2H3. The van der Waals surface area contributed by atoms with Gasteiger partial charge in [0, 0.05) is 23.7 Å². The van der Waals surface area contributed by atoms with Crippen molar-refractivity contribution in [2.45, 2.75) is 33.0 Å². The van der Waals surface area contributed by atoms with E-state index in [-0.39, 0.29) is 12.2 Å². The van der Waals surface area contributed by atoms with Gasteiger partial charge in [0.2, 0.25) is 0 Å². The summed E-state index contributed by atoms with van der Waals surface area (Å²) in [4.78, 5) is 10.9. The lowest BCUT2D eigenvalue weighted by Crippen LogP contribution is -2.18. The molecule has 1 heterocycles. The van der Waals surface area contributed by atoms with E-state index in [1.54, 1.807) is 49.5 Å². The fourth-order valence-corrected chi connectivity index (χ4v) is 3.16. The van der Waals surface area contributed by atoms with Crippen LogP contribution in [0.25, 0.3) is 10.9 Å². The topological polar surface area (TPSA) is 67.3 Å². The van der Waals surface area contributed by atoms with E-state index >= 15 is 0 Å². The maximum absolute atomic E-state index is 13.1. The number of nitrogens with one attached hydrogen (secondary N) is 3. The molecule has 0 aliphatic heterocycles. The lowest BCUT2D eigenvalue weighted by molar-refractivity contribution is -0.140. The van der Waals surface area contributed by atoms with E-state index in [2.05, 4.69) is 41.6 Å². The van der Waals surface area contributed by atoms with Crippen LogP contribution < -0.4 is 20.7 Å². The minimum Gasteiger partial charge on any atom is -0.495 e. The molecule has 3 rings (SSSR count). The Hall–Kier alpha value is -3.64. The van der Waals surface area contributed by atoms with Gasteiger partial charge >= 0.3 is 6.18 Å². The summed E-state index contributed by atoms with van der Waals surface area (Å²) in [7, 11) is 6.95. The quantitative estimate of drug-likeness (QED) is 0.293. The molecule has 2 aromatic carbocycles. The van der Waals surface area contributed by atoms with Crippen LogP contribution in [0.3, 0.4) is 0 Å². The number of carbonyl (C=O) groups excluding carboxylic acids is 1. The fraction of sp³-hybridized carbons (Fsp3) is 0.370. The molecule has 0 amide bonds. The van der Waals surface area contributed by atoms with Gasteiger partial charge in [0.05, 0.1) is 30.6 Å². The Balaban J connectivity index is 0.000000982. The predicted molar refractivity (Wildman–Crippen MR) is 142 cm³/mol. The molecule has 0 unspecified atom stereocenters. The zero-order chi connectivity index (χ0) is 27.1. The summed E-state index contributed by atoms with van der Waals surface area (Å²) in [6, 6.07) is 11.7. The van der Waals surface area contributed by atoms with Gasteiger partial charge in [0.1, 0.15) is 18.6 Å². The Morgan fingerprint density at radius 1 is 1.06 bits per heavy atom. The number of fused-ring (bicyclic) bond motifs is 1. The third-order valence-electron chi connectivity index (χ3n) is 4.50. The third-order valence-corrected chi connectivity index (χ3v) is 4.50. The third kappa shape index (κ3) is 9.19. The molecule has 36 heavy (non-hydrogen) atoms. The van der Waals surface area contributed by atoms with E-state index in [1.165, 1.54) is 18.1 Å². The molecule has 196 valence electrons. The molecule has 3 N–H and O–H groups in total. The molecule has 0 saturated carbocycles. The van der Waals surface area contributed by atoms with Gasteiger partial charge in [0.15, 0.2) is 0 Å². The molecular weight excluding hydrogens is 469 g/mol. The highest BCUT2D eigenvalue weighted by Crippen LogP contribution is 2.30. The van der Waals surface area contributed by atoms with Gasteiger partial charge in [-0.2, -0.15) is 13.2 Å². The van der Waals surface area contributed by atoms with Gasteiger partial charge in [-0.05, 0) is 56.4 Å². The summed E-state index contributed by atoms with van der Waals surface area (Å²) in [5.41, 5.74) is 2.57. The summed E-state index contributed by atoms with van der Waals surface area (Å²) in [5, 5.41) is 9.47. The van der Waals surface area contributed by atoms with Crippen molar-refractivity contribution in [1.29, 1.82) is 0 Å². The highest BCUT2D eigenvalue weighted by Gasteiger charge is 2.29. The Morgan fingerprint density at radius 3 is 2.28 bits per heavy atom. The number of hydrogen-bond acceptors (Lipinski definition) is 5. The molecule has 6 nitrogen and oxygen atoms in total. The predicted octanol–water partition coefficient (Wildman–Crippen LogP) is 5.78. The SMILES string of the molecule is CCC.CNC.CNc1cccc2c1cc(C#CCNc1ccc(C=O)cc1OC)n2CC(F)(F)F. The van der Waals surface area contributed by atoms with Crippen LogP contribution in [0.2, 0.25) is 0 Å². The van der Waals surface area contributed by atoms with Gasteiger partial charge in [-0.3, -0.25) is 4.79 Å². The second kappa shape index (κ2) is 15.4. The first-order valence-corrected chi connectivity index (χ1v) is 11.5. The number of aldehydes is 1. The van der Waals surface area contributed by atoms with Crippen LogP contribution in [-0.2, 0) is 6.54 Å². The Kier molecular flexibility index (Phi) is 13.0. The van der Waals surface area contributed by atoms with Crippen LogP contribution in [-0.4, -0.2) is 51.8 Å². The molecule has 9 heteroatoms. The molecular formula is C27H35F3N4O2. The number of carbonyl (C=O) groups is 1. The summed E-state index contributed by atoms with van der Waals surface area (Å²) < 4.78 is 45.8. The second-order valence-electron chi connectivity index (χ2n) is 7.66. The van der Waals surface area contributed by atoms with Crippen molar-refractivity contribution in [3.05, 3.63) is 53.7 Å². The minimum atomic E-state index is -4.37. The average Bonchev–Trinajstić information content (AvgIpc) is 3.18. The van der Waals surface area contributed by atoms with Gasteiger partial charge in [-0.25, -0.2) is 0 Å². The number of rotatable bonds is 6. The summed E-state index contributed by atoms with van der Waals surface area (Å²) >= 11 is 0. The molecule has 0 fully saturated rings. The van der Waals surface area contributed by atoms with Crippen LogP contribution in [0, 0.1) is 11.8 Å². The molecule has 0 saturated heterocycles. The Labute approximate surface area is 211 Å². The molecule has 3 aromatic rings. The lowest BCUT2D eigenvalue weighted by Gasteiger charge is -2.11. The first-order chi connectivity index (χ1) is 17.2. The first-order valence-electron chi connectivity index (χ1n) is 11.5. The largest absolute Gasteiger partial charge is 0.495 e. The van der Waals surface area contributed by atoms with E-state index in [1.807, 2.05) is 14.1 Å². The van der Waals surface area contributed by atoms with Gasteiger partial charge in [-0.1, -0.05) is 32.3 Å². The molecule has 1 aromatic heterocycles. The zero-order valence-electron chi connectivity index (χ0n) is 21.6. The number of halogens is 3. The molecule has 0 radical (unpaired) electrons. The van der Waals surface area contributed by atoms with E-state index in [0.29, 0.717) is 34.2 Å². The highest BCUT2D eigenvalue weighted by atomic mass is 19.4. The van der Waals surface area contributed by atoms with Crippen LogP contribution in [0.5, 0.6) is 5.75 Å².